The summed E-state index contributed by atoms with van der Waals surface area (Å²) in [5, 5.41) is 15.1. The Morgan fingerprint density at radius 1 is 1.08 bits per heavy atom. The minimum atomic E-state index is -1.82. The Morgan fingerprint density at radius 3 is 2.55 bits per heavy atom. The van der Waals surface area contributed by atoms with Crippen molar-refractivity contribution in [1.29, 1.82) is 0 Å². The summed E-state index contributed by atoms with van der Waals surface area (Å²) in [6.07, 6.45) is 10.1. The molecule has 270 valence electrons. The standard InChI is InChI=1S/C39H51N7O4Si/c1-8-21-45-36(48)31-24-40-37(43-34(31)46(45)32-17-10-25-18-20-39(49,9-2)33(25)42-32)41-27-11-16-30-26(23-27)19-22-44(35(30)47)28-12-14-29(15-13-28)50-51(6,7)38(3,4)5/h8,10-11,16-17,23-24,28-29,49H,1,9,12-15,18-22H2,2-7H3,(H,40,41,43)/t28?,29?,39-/m1/s1. The number of nitrogens with zero attached hydrogens (tertiary/aromatic N) is 6. The van der Waals surface area contributed by atoms with E-state index in [1.165, 1.54) is 10.9 Å². The van der Waals surface area contributed by atoms with Crippen LogP contribution in [0.4, 0.5) is 11.6 Å². The molecule has 3 aromatic heterocycles. The Labute approximate surface area is 300 Å². The lowest BCUT2D eigenvalue weighted by atomic mass is 9.89. The highest BCUT2D eigenvalue weighted by molar-refractivity contribution is 6.74. The number of aliphatic hydroxyl groups is 1. The molecule has 4 aromatic rings. The molecule has 1 aromatic carbocycles. The van der Waals surface area contributed by atoms with Crippen molar-refractivity contribution in [2.24, 2.45) is 0 Å². The minimum absolute atomic E-state index is 0.0960. The van der Waals surface area contributed by atoms with Gasteiger partial charge in [0.25, 0.3) is 11.5 Å². The summed E-state index contributed by atoms with van der Waals surface area (Å²) >= 11 is 0. The predicted molar refractivity (Wildman–Crippen MR) is 202 cm³/mol. The van der Waals surface area contributed by atoms with Gasteiger partial charge in [0.15, 0.2) is 19.8 Å². The summed E-state index contributed by atoms with van der Waals surface area (Å²) in [5.41, 5.74) is 3.33. The fraction of sp³-hybridized carbons (Fsp3) is 0.513. The minimum Gasteiger partial charge on any atom is -0.414 e. The number of rotatable bonds is 9. The second kappa shape index (κ2) is 13.1. The van der Waals surface area contributed by atoms with Crippen LogP contribution in [-0.2, 0) is 29.4 Å². The monoisotopic (exact) mass is 709 g/mol. The number of aromatic nitrogens is 5. The van der Waals surface area contributed by atoms with Gasteiger partial charge in [0.05, 0.1) is 12.2 Å². The first kappa shape index (κ1) is 35.3. The predicted octanol–water partition coefficient (Wildman–Crippen LogP) is 6.78. The quantitative estimate of drug-likeness (QED) is 0.144. The first-order chi connectivity index (χ1) is 24.2. The molecular formula is C39H51N7O4Si. The SMILES string of the molecule is C=CCn1c(=O)c2cnc(Nc3ccc4c(c3)CCN(C3CCC(O[Si](C)(C)C(C)(C)C)CC3)C4=O)nc2n1-c1ccc2c(n1)[C@@](O)(CC)CC2. The van der Waals surface area contributed by atoms with Crippen LogP contribution in [0.5, 0.6) is 0 Å². The Morgan fingerprint density at radius 2 is 1.84 bits per heavy atom. The number of hydrogen-bond acceptors (Lipinski definition) is 8. The molecule has 0 spiro atoms. The zero-order valence-corrected chi connectivity index (χ0v) is 31.8. The molecule has 1 amide bonds. The van der Waals surface area contributed by atoms with Gasteiger partial charge in [0.2, 0.25) is 5.95 Å². The Bertz CT molecular complexity index is 2060. The number of hydrogen-bond donors (Lipinski definition) is 2. The Balaban J connectivity index is 1.10. The van der Waals surface area contributed by atoms with Crippen molar-refractivity contribution >= 4 is 36.9 Å². The number of aryl methyl sites for hydroxylation is 1. The van der Waals surface area contributed by atoms with Gasteiger partial charge in [-0.25, -0.2) is 19.3 Å². The fourth-order valence-electron chi connectivity index (χ4n) is 7.74. The molecule has 4 heterocycles. The van der Waals surface area contributed by atoms with E-state index in [4.69, 9.17) is 14.4 Å². The molecule has 0 saturated heterocycles. The third-order valence-corrected chi connectivity index (χ3v) is 16.4. The molecule has 0 bridgehead atoms. The molecule has 51 heavy (non-hydrogen) atoms. The van der Waals surface area contributed by atoms with Gasteiger partial charge < -0.3 is 19.7 Å². The van der Waals surface area contributed by atoms with E-state index in [1.807, 2.05) is 37.3 Å². The van der Waals surface area contributed by atoms with Crippen molar-refractivity contribution in [3.05, 3.63) is 81.9 Å². The van der Waals surface area contributed by atoms with Gasteiger partial charge >= 0.3 is 0 Å². The topological polar surface area (TPSA) is 127 Å². The van der Waals surface area contributed by atoms with E-state index in [0.717, 1.165) is 60.9 Å². The summed E-state index contributed by atoms with van der Waals surface area (Å²) in [6, 6.07) is 9.88. The Hall–Kier alpha value is -4.13. The van der Waals surface area contributed by atoms with E-state index in [9.17, 15) is 14.7 Å². The highest BCUT2D eigenvalue weighted by Gasteiger charge is 2.41. The largest absolute Gasteiger partial charge is 0.414 e. The third-order valence-electron chi connectivity index (χ3n) is 11.8. The maximum absolute atomic E-state index is 13.8. The lowest BCUT2D eigenvalue weighted by Gasteiger charge is -2.43. The van der Waals surface area contributed by atoms with Gasteiger partial charge in [-0.1, -0.05) is 39.8 Å². The van der Waals surface area contributed by atoms with Crippen LogP contribution in [0.3, 0.4) is 0 Å². The summed E-state index contributed by atoms with van der Waals surface area (Å²) in [5.74, 6) is 0.909. The van der Waals surface area contributed by atoms with Crippen LogP contribution in [0.15, 0.2) is 54.0 Å². The first-order valence-corrected chi connectivity index (χ1v) is 21.3. The number of fused-ring (bicyclic) bond motifs is 3. The van der Waals surface area contributed by atoms with Crippen LogP contribution >= 0.6 is 0 Å². The van der Waals surface area contributed by atoms with Gasteiger partial charge in [-0.3, -0.25) is 9.59 Å². The normalized spacial score (nSPS) is 22.3. The number of amides is 1. The molecule has 1 aliphatic heterocycles. The van der Waals surface area contributed by atoms with E-state index in [1.54, 1.807) is 10.8 Å². The fourth-order valence-corrected chi connectivity index (χ4v) is 9.17. The van der Waals surface area contributed by atoms with Crippen molar-refractivity contribution in [3.8, 4) is 5.82 Å². The Kier molecular flexibility index (Phi) is 9.08. The number of allylic oxidation sites excluding steroid dienone is 1. The van der Waals surface area contributed by atoms with Crippen LogP contribution in [0.2, 0.25) is 18.1 Å². The average molecular weight is 710 g/mol. The molecule has 7 rings (SSSR count). The van der Waals surface area contributed by atoms with Crippen molar-refractivity contribution in [2.45, 2.75) is 121 Å². The second-order valence-corrected chi connectivity index (χ2v) is 20.8. The molecule has 1 fully saturated rings. The van der Waals surface area contributed by atoms with E-state index in [2.05, 4.69) is 55.6 Å². The first-order valence-electron chi connectivity index (χ1n) is 18.4. The van der Waals surface area contributed by atoms with Crippen molar-refractivity contribution in [1.82, 2.24) is 29.2 Å². The molecular weight excluding hydrogens is 659 g/mol. The lowest BCUT2D eigenvalue weighted by Crippen LogP contribution is -2.49. The van der Waals surface area contributed by atoms with E-state index in [-0.39, 0.29) is 35.2 Å². The lowest BCUT2D eigenvalue weighted by molar-refractivity contribution is 0.0305. The number of carbonyl (C=O) groups excluding carboxylic acids is 1. The van der Waals surface area contributed by atoms with Crippen LogP contribution in [-0.4, -0.2) is 67.2 Å². The van der Waals surface area contributed by atoms with Crippen molar-refractivity contribution in [3.63, 3.8) is 0 Å². The number of nitrogens with one attached hydrogen (secondary N) is 1. The summed E-state index contributed by atoms with van der Waals surface area (Å²) in [4.78, 5) is 43.5. The number of carbonyl (C=O) groups is 1. The molecule has 0 unspecified atom stereocenters. The molecule has 3 aliphatic rings. The summed E-state index contributed by atoms with van der Waals surface area (Å²) in [6.45, 7) is 18.2. The van der Waals surface area contributed by atoms with Gasteiger partial charge in [-0.05, 0) is 105 Å². The molecule has 12 heteroatoms. The van der Waals surface area contributed by atoms with Gasteiger partial charge in [-0.2, -0.15) is 4.98 Å². The molecule has 11 nitrogen and oxygen atoms in total. The zero-order valence-electron chi connectivity index (χ0n) is 30.8. The van der Waals surface area contributed by atoms with Crippen LogP contribution < -0.4 is 10.9 Å². The summed E-state index contributed by atoms with van der Waals surface area (Å²) < 4.78 is 9.93. The molecule has 1 saturated carbocycles. The van der Waals surface area contributed by atoms with E-state index < -0.39 is 13.9 Å². The number of anilines is 2. The van der Waals surface area contributed by atoms with Gasteiger partial charge in [0.1, 0.15) is 11.0 Å². The average Bonchev–Trinajstić information content (AvgIpc) is 3.57. The van der Waals surface area contributed by atoms with Gasteiger partial charge in [0, 0.05) is 36.1 Å². The summed E-state index contributed by atoms with van der Waals surface area (Å²) in [7, 11) is -1.82. The maximum Gasteiger partial charge on any atom is 0.278 e. The maximum atomic E-state index is 13.8. The number of pyridine rings is 1. The second-order valence-electron chi connectivity index (χ2n) is 16.0. The molecule has 2 aliphatic carbocycles. The zero-order chi connectivity index (χ0) is 36.3. The van der Waals surface area contributed by atoms with Crippen LogP contribution in [0.25, 0.3) is 16.9 Å². The van der Waals surface area contributed by atoms with Crippen molar-refractivity contribution in [2.75, 3.05) is 11.9 Å². The van der Waals surface area contributed by atoms with E-state index in [0.29, 0.717) is 47.9 Å². The molecule has 2 N–H and O–H groups in total. The molecule has 0 radical (unpaired) electrons. The highest BCUT2D eigenvalue weighted by atomic mass is 28.4. The highest BCUT2D eigenvalue weighted by Crippen LogP contribution is 2.41. The molecule has 1 atom stereocenters. The van der Waals surface area contributed by atoms with Crippen molar-refractivity contribution < 1.29 is 14.3 Å². The smallest absolute Gasteiger partial charge is 0.278 e. The van der Waals surface area contributed by atoms with Gasteiger partial charge in [-0.15, -0.1) is 6.58 Å². The third kappa shape index (κ3) is 6.35. The number of benzene rings is 1. The van der Waals surface area contributed by atoms with E-state index >= 15 is 0 Å². The van der Waals surface area contributed by atoms with Crippen LogP contribution in [0.1, 0.15) is 93.4 Å². The van der Waals surface area contributed by atoms with Crippen LogP contribution in [0, 0.1) is 0 Å².